The Morgan fingerprint density at radius 2 is 1.87 bits per heavy atom. The highest BCUT2D eigenvalue weighted by molar-refractivity contribution is 6.10. The Kier molecular flexibility index (Phi) is 5.27. The zero-order valence-electron chi connectivity index (χ0n) is 16.8. The zero-order valence-corrected chi connectivity index (χ0v) is 16.8. The summed E-state index contributed by atoms with van der Waals surface area (Å²) in [7, 11) is 0. The number of benzene rings is 2. The number of esters is 1. The zero-order chi connectivity index (χ0) is 21.3. The molecule has 3 aromatic rings. The van der Waals surface area contributed by atoms with E-state index in [1.807, 2.05) is 37.3 Å². The minimum Gasteiger partial charge on any atom is -0.479 e. The topological polar surface area (TPSA) is 88.7 Å². The summed E-state index contributed by atoms with van der Waals surface area (Å²) in [6.45, 7) is 3.30. The normalized spacial score (nSPS) is 15.6. The number of nitrogens with zero attached hydrogens (tertiary/aromatic N) is 1. The lowest BCUT2D eigenvalue weighted by atomic mass is 10.1. The molecule has 0 aliphatic carbocycles. The smallest absolute Gasteiger partial charge is 0.308 e. The number of H-pyrrole nitrogens is 1. The van der Waals surface area contributed by atoms with Gasteiger partial charge in [-0.15, -0.1) is 0 Å². The van der Waals surface area contributed by atoms with Crippen molar-refractivity contribution in [2.24, 2.45) is 0 Å². The van der Waals surface area contributed by atoms with E-state index < -0.39 is 12.1 Å². The summed E-state index contributed by atoms with van der Waals surface area (Å²) in [5, 5.41) is 0.806. The fourth-order valence-corrected chi connectivity index (χ4v) is 3.72. The van der Waals surface area contributed by atoms with E-state index in [2.05, 4.69) is 4.98 Å². The molecule has 1 amide bonds. The number of nitrogens with one attached hydrogen (secondary N) is 1. The number of ketones is 1. The molecule has 154 valence electrons. The molecule has 2 aromatic carbocycles. The molecule has 7 nitrogen and oxygen atoms in total. The quantitative estimate of drug-likeness (QED) is 0.501. The van der Waals surface area contributed by atoms with Crippen LogP contribution in [-0.2, 0) is 14.3 Å². The number of amides is 1. The molecule has 0 saturated carbocycles. The van der Waals surface area contributed by atoms with Crippen molar-refractivity contribution < 1.29 is 23.9 Å². The van der Waals surface area contributed by atoms with E-state index in [0.717, 1.165) is 16.6 Å². The van der Waals surface area contributed by atoms with Gasteiger partial charge in [0.15, 0.2) is 12.7 Å². The second-order valence-corrected chi connectivity index (χ2v) is 7.22. The van der Waals surface area contributed by atoms with Crippen molar-refractivity contribution in [1.29, 1.82) is 0 Å². The fraction of sp³-hybridized carbons (Fsp3) is 0.261. The third-order valence-electron chi connectivity index (χ3n) is 5.15. The van der Waals surface area contributed by atoms with E-state index in [4.69, 9.17) is 9.47 Å². The third kappa shape index (κ3) is 3.66. The highest BCUT2D eigenvalue weighted by Crippen LogP contribution is 2.33. The van der Waals surface area contributed by atoms with Crippen LogP contribution in [0.5, 0.6) is 5.75 Å². The van der Waals surface area contributed by atoms with Crippen LogP contribution in [0.15, 0.2) is 48.5 Å². The fourth-order valence-electron chi connectivity index (χ4n) is 3.72. The number of aromatic amines is 1. The number of rotatable bonds is 6. The predicted octanol–water partition coefficient (Wildman–Crippen LogP) is 3.41. The van der Waals surface area contributed by atoms with Gasteiger partial charge in [0.25, 0.3) is 5.91 Å². The monoisotopic (exact) mass is 406 g/mol. The van der Waals surface area contributed by atoms with E-state index in [-0.39, 0.29) is 31.3 Å². The SMILES string of the molecule is Cc1[nH]c2ccccc2c1C(=O)COC(=O)CCN1C(=O)C(C)Oc2ccccc21. The van der Waals surface area contributed by atoms with Crippen molar-refractivity contribution >= 4 is 34.3 Å². The Labute approximate surface area is 173 Å². The third-order valence-corrected chi connectivity index (χ3v) is 5.15. The number of carbonyl (C=O) groups excluding carboxylic acids is 3. The van der Waals surface area contributed by atoms with Crippen LogP contribution in [-0.4, -0.2) is 41.9 Å². The molecular formula is C23H22N2O5. The Bertz CT molecular complexity index is 1130. The molecule has 7 heteroatoms. The number of Topliss-reactive ketones (excluding diaryl/α,β-unsaturated/α-hetero) is 1. The van der Waals surface area contributed by atoms with Gasteiger partial charge in [0.2, 0.25) is 5.78 Å². The molecule has 30 heavy (non-hydrogen) atoms. The van der Waals surface area contributed by atoms with Gasteiger partial charge in [0, 0.05) is 28.7 Å². The number of aromatic nitrogens is 1. The van der Waals surface area contributed by atoms with Crippen LogP contribution in [0.4, 0.5) is 5.69 Å². The van der Waals surface area contributed by atoms with Crippen LogP contribution in [0.25, 0.3) is 10.9 Å². The molecule has 1 aliphatic heterocycles. The summed E-state index contributed by atoms with van der Waals surface area (Å²) >= 11 is 0. The van der Waals surface area contributed by atoms with Gasteiger partial charge < -0.3 is 19.4 Å². The van der Waals surface area contributed by atoms with Crippen molar-refractivity contribution in [2.75, 3.05) is 18.1 Å². The molecule has 1 N–H and O–H groups in total. The van der Waals surface area contributed by atoms with Gasteiger partial charge in [-0.05, 0) is 32.0 Å². The molecule has 2 heterocycles. The molecule has 0 saturated heterocycles. The highest BCUT2D eigenvalue weighted by atomic mass is 16.5. The lowest BCUT2D eigenvalue weighted by Gasteiger charge is -2.32. The minimum atomic E-state index is -0.623. The van der Waals surface area contributed by atoms with E-state index in [1.165, 1.54) is 4.90 Å². The van der Waals surface area contributed by atoms with Crippen molar-refractivity contribution in [3.8, 4) is 5.75 Å². The van der Waals surface area contributed by atoms with E-state index in [1.54, 1.807) is 25.1 Å². The summed E-state index contributed by atoms with van der Waals surface area (Å²) in [6, 6.07) is 14.7. The van der Waals surface area contributed by atoms with Crippen LogP contribution >= 0.6 is 0 Å². The molecule has 1 aliphatic rings. The van der Waals surface area contributed by atoms with E-state index >= 15 is 0 Å². The van der Waals surface area contributed by atoms with Gasteiger partial charge in [-0.1, -0.05) is 30.3 Å². The average molecular weight is 406 g/mol. The average Bonchev–Trinajstić information content (AvgIpc) is 3.08. The first-order valence-corrected chi connectivity index (χ1v) is 9.79. The number of carbonyl (C=O) groups is 3. The van der Waals surface area contributed by atoms with E-state index in [0.29, 0.717) is 17.0 Å². The molecule has 0 spiro atoms. The Morgan fingerprint density at radius 3 is 2.70 bits per heavy atom. The van der Waals surface area contributed by atoms with Gasteiger partial charge in [0.1, 0.15) is 5.75 Å². The van der Waals surface area contributed by atoms with Crippen molar-refractivity contribution in [3.63, 3.8) is 0 Å². The number of para-hydroxylation sites is 3. The molecule has 4 rings (SSSR count). The largest absolute Gasteiger partial charge is 0.479 e. The Morgan fingerprint density at radius 1 is 1.13 bits per heavy atom. The number of aryl methyl sites for hydroxylation is 1. The molecule has 1 atom stereocenters. The second-order valence-electron chi connectivity index (χ2n) is 7.22. The number of ether oxygens (including phenoxy) is 2. The summed E-state index contributed by atoms with van der Waals surface area (Å²) < 4.78 is 10.8. The van der Waals surface area contributed by atoms with Gasteiger partial charge >= 0.3 is 5.97 Å². The number of anilines is 1. The van der Waals surface area contributed by atoms with Gasteiger partial charge in [0.05, 0.1) is 12.1 Å². The number of hydrogen-bond donors (Lipinski definition) is 1. The standard InChI is InChI=1S/C23H22N2O5/c1-14-22(16-7-3-4-8-17(16)24-14)19(26)13-29-21(27)11-12-25-18-9-5-6-10-20(18)30-15(2)23(25)28/h3-10,15,24H,11-13H2,1-2H3. The summed E-state index contributed by atoms with van der Waals surface area (Å²) in [5.74, 6) is -0.417. The van der Waals surface area contributed by atoms with Crippen LogP contribution in [0.3, 0.4) is 0 Å². The summed E-state index contributed by atoms with van der Waals surface area (Å²) in [6.07, 6.45) is -0.644. The molecule has 1 aromatic heterocycles. The van der Waals surface area contributed by atoms with Crippen molar-refractivity contribution in [2.45, 2.75) is 26.4 Å². The van der Waals surface area contributed by atoms with Crippen LogP contribution in [0.2, 0.25) is 0 Å². The lowest BCUT2D eigenvalue weighted by Crippen LogP contribution is -2.45. The van der Waals surface area contributed by atoms with Crippen molar-refractivity contribution in [3.05, 3.63) is 59.8 Å². The van der Waals surface area contributed by atoms with Gasteiger partial charge in [-0.2, -0.15) is 0 Å². The first kappa shape index (κ1) is 19.7. The maximum absolute atomic E-state index is 12.6. The summed E-state index contributed by atoms with van der Waals surface area (Å²) in [5.41, 5.74) is 2.76. The Hall–Kier alpha value is -3.61. The molecule has 0 radical (unpaired) electrons. The molecule has 1 unspecified atom stereocenters. The maximum atomic E-state index is 12.6. The van der Waals surface area contributed by atoms with E-state index in [9.17, 15) is 14.4 Å². The first-order chi connectivity index (χ1) is 14.5. The molecule has 0 bridgehead atoms. The van der Waals surface area contributed by atoms with Crippen LogP contribution in [0.1, 0.15) is 29.4 Å². The first-order valence-electron chi connectivity index (χ1n) is 9.79. The predicted molar refractivity (Wildman–Crippen MR) is 112 cm³/mol. The van der Waals surface area contributed by atoms with Gasteiger partial charge in [-0.3, -0.25) is 14.4 Å². The van der Waals surface area contributed by atoms with Crippen LogP contribution in [0, 0.1) is 6.92 Å². The highest BCUT2D eigenvalue weighted by Gasteiger charge is 2.31. The number of hydrogen-bond acceptors (Lipinski definition) is 5. The summed E-state index contributed by atoms with van der Waals surface area (Å²) in [4.78, 5) is 42.1. The second kappa shape index (κ2) is 8.02. The minimum absolute atomic E-state index is 0.0209. The maximum Gasteiger partial charge on any atom is 0.308 e. The number of fused-ring (bicyclic) bond motifs is 2. The Balaban J connectivity index is 1.38. The van der Waals surface area contributed by atoms with Crippen molar-refractivity contribution in [1.82, 2.24) is 4.98 Å². The van der Waals surface area contributed by atoms with Gasteiger partial charge in [-0.25, -0.2) is 0 Å². The lowest BCUT2D eigenvalue weighted by molar-refractivity contribution is -0.142. The molecule has 0 fully saturated rings. The molecular weight excluding hydrogens is 384 g/mol. The van der Waals surface area contributed by atoms with Crippen LogP contribution < -0.4 is 9.64 Å².